The Morgan fingerprint density at radius 3 is 2.72 bits per heavy atom. The smallest absolute Gasteiger partial charge is 0.410 e. The molecule has 164 valence electrons. The molecule has 1 aliphatic rings. The van der Waals surface area contributed by atoms with Crippen LogP contribution in [0.15, 0.2) is 12.7 Å². The minimum atomic E-state index is -0.485. The molecule has 0 aliphatic carbocycles. The zero-order chi connectivity index (χ0) is 21.8. The number of aryl methyl sites for hydroxylation is 1. The van der Waals surface area contributed by atoms with Gasteiger partial charge in [0.25, 0.3) is 0 Å². The van der Waals surface area contributed by atoms with Crippen molar-refractivity contribution in [3.05, 3.63) is 23.3 Å². The maximum absolute atomic E-state index is 12.6. The molecule has 1 unspecified atom stereocenters. The van der Waals surface area contributed by atoms with Crippen molar-refractivity contribution in [2.45, 2.75) is 79.2 Å². The van der Waals surface area contributed by atoms with Gasteiger partial charge in [-0.2, -0.15) is 5.10 Å². The number of aromatic nitrogens is 3. The fourth-order valence-electron chi connectivity index (χ4n) is 3.69. The molecule has 1 atom stereocenters. The highest BCUT2D eigenvalue weighted by Gasteiger charge is 2.29. The zero-order valence-corrected chi connectivity index (χ0v) is 19.7. The molecule has 1 aliphatic heterocycles. The zero-order valence-electron chi connectivity index (χ0n) is 18.8. The van der Waals surface area contributed by atoms with Gasteiger partial charge in [-0.25, -0.2) is 9.48 Å². The number of hydrogen-bond donors (Lipinski definition) is 0. The standard InChI is InChI=1S/C21H37N5O2S/c1-8-11-24-17(4)22-26(19(24)29)15-23-12-9-10-18(13-23)14-25(16(2)3)20(27)28-21(5,6)7/h8,16,18H,1,9-15H2,2-7H3. The Labute approximate surface area is 180 Å². The van der Waals surface area contributed by atoms with Gasteiger partial charge in [-0.1, -0.05) is 6.08 Å². The fraction of sp³-hybridized carbons (Fsp3) is 0.762. The van der Waals surface area contributed by atoms with Gasteiger partial charge in [-0.15, -0.1) is 6.58 Å². The molecule has 7 nitrogen and oxygen atoms in total. The first-order valence-electron chi connectivity index (χ1n) is 10.5. The molecule has 1 fully saturated rings. The van der Waals surface area contributed by atoms with Crippen molar-refractivity contribution in [2.75, 3.05) is 19.6 Å². The van der Waals surface area contributed by atoms with Crippen molar-refractivity contribution in [3.8, 4) is 0 Å². The SMILES string of the molecule is C=CCn1c(C)nn(CN2CCCC(CN(C(=O)OC(C)(C)C)C(C)C)C2)c1=S. The van der Waals surface area contributed by atoms with Crippen LogP contribution in [0, 0.1) is 17.6 Å². The number of carbonyl (C=O) groups excluding carboxylic acids is 1. The number of allylic oxidation sites excluding steroid dienone is 1. The number of carbonyl (C=O) groups is 1. The lowest BCUT2D eigenvalue weighted by Gasteiger charge is -2.37. The summed E-state index contributed by atoms with van der Waals surface area (Å²) >= 11 is 5.58. The van der Waals surface area contributed by atoms with Crippen LogP contribution in [-0.4, -0.2) is 61.5 Å². The van der Waals surface area contributed by atoms with Crippen LogP contribution in [0.2, 0.25) is 0 Å². The van der Waals surface area contributed by atoms with Gasteiger partial charge in [-0.05, 0) is 79.1 Å². The molecule has 1 aromatic heterocycles. The second-order valence-corrected chi connectivity index (χ2v) is 9.55. The Balaban J connectivity index is 2.03. The summed E-state index contributed by atoms with van der Waals surface area (Å²) in [5, 5.41) is 4.61. The Kier molecular flexibility index (Phi) is 8.05. The van der Waals surface area contributed by atoms with Crippen LogP contribution in [0.5, 0.6) is 0 Å². The number of piperidine rings is 1. The van der Waals surface area contributed by atoms with Gasteiger partial charge in [-0.3, -0.25) is 4.90 Å². The summed E-state index contributed by atoms with van der Waals surface area (Å²) in [5.41, 5.74) is -0.485. The van der Waals surface area contributed by atoms with E-state index in [-0.39, 0.29) is 12.1 Å². The summed E-state index contributed by atoms with van der Waals surface area (Å²) < 4.78 is 10.2. The van der Waals surface area contributed by atoms with Crippen LogP contribution < -0.4 is 0 Å². The van der Waals surface area contributed by atoms with Crippen LogP contribution in [0.25, 0.3) is 0 Å². The van der Waals surface area contributed by atoms with E-state index in [1.54, 1.807) is 0 Å². The highest BCUT2D eigenvalue weighted by atomic mass is 32.1. The lowest BCUT2D eigenvalue weighted by atomic mass is 9.97. The molecule has 2 heterocycles. The van der Waals surface area contributed by atoms with E-state index in [0.29, 0.717) is 25.7 Å². The minimum Gasteiger partial charge on any atom is -0.444 e. The van der Waals surface area contributed by atoms with E-state index < -0.39 is 5.60 Å². The average molecular weight is 424 g/mol. The van der Waals surface area contributed by atoms with Crippen LogP contribution in [0.3, 0.4) is 0 Å². The third-order valence-corrected chi connectivity index (χ3v) is 5.49. The lowest BCUT2D eigenvalue weighted by Crippen LogP contribution is -2.47. The molecular weight excluding hydrogens is 386 g/mol. The van der Waals surface area contributed by atoms with Crippen LogP contribution in [0.4, 0.5) is 4.79 Å². The van der Waals surface area contributed by atoms with E-state index in [1.165, 1.54) is 0 Å². The van der Waals surface area contributed by atoms with Crippen molar-refractivity contribution in [2.24, 2.45) is 5.92 Å². The van der Waals surface area contributed by atoms with Crippen molar-refractivity contribution in [1.29, 1.82) is 0 Å². The Bertz CT molecular complexity index is 762. The van der Waals surface area contributed by atoms with Gasteiger partial charge < -0.3 is 14.2 Å². The van der Waals surface area contributed by atoms with Crippen molar-refractivity contribution < 1.29 is 9.53 Å². The fourth-order valence-corrected chi connectivity index (χ4v) is 4.00. The van der Waals surface area contributed by atoms with E-state index in [0.717, 1.165) is 36.5 Å². The van der Waals surface area contributed by atoms with Crippen LogP contribution >= 0.6 is 12.2 Å². The molecule has 8 heteroatoms. The summed E-state index contributed by atoms with van der Waals surface area (Å²) in [5.74, 6) is 1.31. The summed E-state index contributed by atoms with van der Waals surface area (Å²) in [4.78, 5) is 16.9. The van der Waals surface area contributed by atoms with Gasteiger partial charge in [0, 0.05) is 25.7 Å². The third-order valence-electron chi connectivity index (χ3n) is 5.06. The van der Waals surface area contributed by atoms with Gasteiger partial charge in [0.05, 0.1) is 6.67 Å². The summed E-state index contributed by atoms with van der Waals surface area (Å²) in [6, 6.07) is 0.103. The number of ether oxygens (including phenoxy) is 1. The largest absolute Gasteiger partial charge is 0.444 e. The van der Waals surface area contributed by atoms with E-state index in [4.69, 9.17) is 17.0 Å². The van der Waals surface area contributed by atoms with Gasteiger partial charge in [0.2, 0.25) is 0 Å². The molecule has 29 heavy (non-hydrogen) atoms. The molecule has 1 saturated heterocycles. The summed E-state index contributed by atoms with van der Waals surface area (Å²) in [6.07, 6.45) is 3.82. The van der Waals surface area contributed by atoms with Crippen molar-refractivity contribution in [3.63, 3.8) is 0 Å². The average Bonchev–Trinajstić information content (AvgIpc) is 2.86. The number of hydrogen-bond acceptors (Lipinski definition) is 5. The molecule has 0 bridgehead atoms. The third kappa shape index (κ3) is 6.67. The number of rotatable bonds is 7. The first-order valence-corrected chi connectivity index (χ1v) is 10.9. The second-order valence-electron chi connectivity index (χ2n) is 9.18. The minimum absolute atomic E-state index is 0.103. The number of amides is 1. The van der Waals surface area contributed by atoms with Crippen molar-refractivity contribution in [1.82, 2.24) is 24.1 Å². The molecule has 0 aromatic carbocycles. The van der Waals surface area contributed by atoms with Gasteiger partial charge >= 0.3 is 6.09 Å². The van der Waals surface area contributed by atoms with E-state index >= 15 is 0 Å². The highest BCUT2D eigenvalue weighted by molar-refractivity contribution is 7.71. The lowest BCUT2D eigenvalue weighted by molar-refractivity contribution is 0.0108. The predicted molar refractivity (Wildman–Crippen MR) is 118 cm³/mol. The second kappa shape index (κ2) is 9.89. The molecule has 0 saturated carbocycles. The molecular formula is C21H37N5O2S. The predicted octanol–water partition coefficient (Wildman–Crippen LogP) is 4.22. The maximum atomic E-state index is 12.6. The first kappa shape index (κ1) is 23.6. The topological polar surface area (TPSA) is 55.5 Å². The van der Waals surface area contributed by atoms with Crippen molar-refractivity contribution >= 4 is 18.3 Å². The van der Waals surface area contributed by atoms with E-state index in [1.807, 2.05) is 61.8 Å². The molecule has 0 radical (unpaired) electrons. The molecule has 0 N–H and O–H groups in total. The maximum Gasteiger partial charge on any atom is 0.410 e. The Morgan fingerprint density at radius 1 is 1.45 bits per heavy atom. The summed E-state index contributed by atoms with van der Waals surface area (Å²) in [7, 11) is 0. The summed E-state index contributed by atoms with van der Waals surface area (Å²) in [6.45, 7) is 19.5. The molecule has 0 spiro atoms. The number of nitrogens with zero attached hydrogens (tertiary/aromatic N) is 5. The Hall–Kier alpha value is -1.67. The Morgan fingerprint density at radius 2 is 2.14 bits per heavy atom. The van der Waals surface area contributed by atoms with Crippen LogP contribution in [0.1, 0.15) is 53.3 Å². The molecule has 1 aromatic rings. The van der Waals surface area contributed by atoms with Crippen LogP contribution in [-0.2, 0) is 18.0 Å². The van der Waals surface area contributed by atoms with E-state index in [2.05, 4.69) is 16.6 Å². The quantitative estimate of drug-likeness (QED) is 0.485. The molecule has 1 amide bonds. The monoisotopic (exact) mass is 423 g/mol. The number of likely N-dealkylation sites (tertiary alicyclic amines) is 1. The normalized spacial score (nSPS) is 18.1. The van der Waals surface area contributed by atoms with Gasteiger partial charge in [0.1, 0.15) is 11.4 Å². The van der Waals surface area contributed by atoms with E-state index in [9.17, 15) is 4.79 Å². The highest BCUT2D eigenvalue weighted by Crippen LogP contribution is 2.21. The molecule has 2 rings (SSSR count). The van der Waals surface area contributed by atoms with Gasteiger partial charge in [0.15, 0.2) is 4.77 Å². The first-order chi connectivity index (χ1) is 13.5.